The van der Waals surface area contributed by atoms with E-state index in [9.17, 15) is 0 Å². The van der Waals surface area contributed by atoms with Crippen LogP contribution in [0.2, 0.25) is 0 Å². The van der Waals surface area contributed by atoms with Gasteiger partial charge in [-0.3, -0.25) is 0 Å². The zero-order valence-corrected chi connectivity index (χ0v) is 22.1. The predicted octanol–water partition coefficient (Wildman–Crippen LogP) is 6.62. The number of fused-ring (bicyclic) bond motifs is 1. The van der Waals surface area contributed by atoms with Crippen molar-refractivity contribution in [2.24, 2.45) is 0 Å². The summed E-state index contributed by atoms with van der Waals surface area (Å²) in [7, 11) is -1.86. The summed E-state index contributed by atoms with van der Waals surface area (Å²) in [5.74, 6) is 3.05. The minimum absolute atomic E-state index is 0.293. The fourth-order valence-electron chi connectivity index (χ4n) is 4.80. The molecule has 0 radical (unpaired) electrons. The molecule has 0 unspecified atom stereocenters. The molecule has 1 aliphatic heterocycles. The van der Waals surface area contributed by atoms with Gasteiger partial charge in [0, 0.05) is 5.39 Å². The van der Waals surface area contributed by atoms with E-state index in [1.807, 2.05) is 52.0 Å². The lowest BCUT2D eigenvalue weighted by molar-refractivity contribution is 0.00578. The first-order valence-electron chi connectivity index (χ1n) is 11.6. The maximum Gasteiger partial charge on any atom is 0.495 e. The second kappa shape index (κ2) is 8.71. The highest BCUT2D eigenvalue weighted by atomic mass is 32.3. The third-order valence-corrected chi connectivity index (χ3v) is 12.4. The maximum absolute atomic E-state index is 15.3. The average Bonchev–Trinajstić information content (AvgIpc) is 2.89. The fraction of sp³-hybridized carbons (Fsp3) is 0.556. The van der Waals surface area contributed by atoms with E-state index >= 15 is 4.39 Å². The van der Waals surface area contributed by atoms with Gasteiger partial charge in [0.05, 0.1) is 16.8 Å². The summed E-state index contributed by atoms with van der Waals surface area (Å²) < 4.78 is 27.9. The minimum Gasteiger partial charge on any atom is -0.399 e. The van der Waals surface area contributed by atoms with Crippen molar-refractivity contribution in [1.29, 1.82) is 0 Å². The SMILES string of the molecule is CC(C)S(C#Cc1c(F)ccc2cccc(B3OC(C)(C)C(C)(C)O3)c12)(C(C)C)C(C)C. The van der Waals surface area contributed by atoms with E-state index in [1.54, 1.807) is 0 Å². The Hall–Kier alpha value is -1.48. The van der Waals surface area contributed by atoms with Crippen LogP contribution in [0.25, 0.3) is 10.8 Å². The Labute approximate surface area is 196 Å². The number of halogens is 1. The lowest BCUT2D eigenvalue weighted by Gasteiger charge is -2.46. The van der Waals surface area contributed by atoms with Gasteiger partial charge in [-0.25, -0.2) is 4.39 Å². The number of rotatable bonds is 4. The van der Waals surface area contributed by atoms with Gasteiger partial charge in [0.1, 0.15) is 5.82 Å². The summed E-state index contributed by atoms with van der Waals surface area (Å²) in [6.07, 6.45) is 0. The highest BCUT2D eigenvalue weighted by molar-refractivity contribution is 8.38. The number of hydrogen-bond donors (Lipinski definition) is 0. The van der Waals surface area contributed by atoms with Crippen LogP contribution >= 0.6 is 10.0 Å². The van der Waals surface area contributed by atoms with Gasteiger partial charge in [0.2, 0.25) is 0 Å². The van der Waals surface area contributed by atoms with Crippen molar-refractivity contribution in [1.82, 2.24) is 0 Å². The first kappa shape index (κ1) is 25.2. The molecule has 0 bridgehead atoms. The van der Waals surface area contributed by atoms with Crippen molar-refractivity contribution in [3.05, 3.63) is 41.7 Å². The van der Waals surface area contributed by atoms with Crippen LogP contribution in [0, 0.1) is 17.0 Å². The Morgan fingerprint density at radius 1 is 0.844 bits per heavy atom. The Kier molecular flexibility index (Phi) is 6.84. The van der Waals surface area contributed by atoms with Gasteiger partial charge in [-0.15, -0.1) is 0 Å². The molecule has 5 heteroatoms. The first-order valence-corrected chi connectivity index (χ1v) is 13.5. The van der Waals surface area contributed by atoms with Crippen LogP contribution in [-0.2, 0) is 9.31 Å². The second-order valence-electron chi connectivity index (χ2n) is 10.6. The van der Waals surface area contributed by atoms with Crippen molar-refractivity contribution < 1.29 is 13.7 Å². The average molecular weight is 456 g/mol. The van der Waals surface area contributed by atoms with Crippen molar-refractivity contribution in [2.45, 2.75) is 96.2 Å². The van der Waals surface area contributed by atoms with Crippen LogP contribution in [0.5, 0.6) is 0 Å². The summed E-state index contributed by atoms with van der Waals surface area (Å²) in [6, 6.07) is 9.30. The maximum atomic E-state index is 15.3. The molecule has 0 spiro atoms. The van der Waals surface area contributed by atoms with Crippen molar-refractivity contribution in [3.63, 3.8) is 0 Å². The van der Waals surface area contributed by atoms with Gasteiger partial charge in [0.15, 0.2) is 0 Å². The van der Waals surface area contributed by atoms with E-state index in [1.165, 1.54) is 6.07 Å². The molecule has 0 N–H and O–H groups in total. The van der Waals surface area contributed by atoms with Crippen LogP contribution in [0.1, 0.15) is 74.8 Å². The Balaban J connectivity index is 2.25. The molecule has 3 rings (SSSR count). The molecule has 174 valence electrons. The molecule has 0 amide bonds. The van der Waals surface area contributed by atoms with Crippen LogP contribution in [0.4, 0.5) is 4.39 Å². The van der Waals surface area contributed by atoms with Crippen LogP contribution < -0.4 is 5.46 Å². The van der Waals surface area contributed by atoms with E-state index < -0.39 is 28.3 Å². The summed E-state index contributed by atoms with van der Waals surface area (Å²) in [6.45, 7) is 21.6. The molecule has 2 aromatic carbocycles. The van der Waals surface area contributed by atoms with Gasteiger partial charge in [-0.1, -0.05) is 71.7 Å². The highest BCUT2D eigenvalue weighted by Crippen LogP contribution is 2.59. The summed E-state index contributed by atoms with van der Waals surface area (Å²) in [5, 5.41) is 6.66. The molecule has 0 saturated carbocycles. The van der Waals surface area contributed by atoms with Crippen LogP contribution in [0.3, 0.4) is 0 Å². The molecule has 32 heavy (non-hydrogen) atoms. The number of hydrogen-bond acceptors (Lipinski definition) is 2. The first-order chi connectivity index (χ1) is 14.7. The van der Waals surface area contributed by atoms with Crippen LogP contribution in [0.15, 0.2) is 30.3 Å². The summed E-state index contributed by atoms with van der Waals surface area (Å²) in [4.78, 5) is 0. The largest absolute Gasteiger partial charge is 0.495 e. The minimum atomic E-state index is -1.29. The third kappa shape index (κ3) is 4.11. The zero-order chi connectivity index (χ0) is 24.1. The molecular weight excluding hydrogens is 418 g/mol. The second-order valence-corrected chi connectivity index (χ2v) is 15.1. The van der Waals surface area contributed by atoms with E-state index in [4.69, 9.17) is 9.31 Å². The lowest BCUT2D eigenvalue weighted by atomic mass is 9.75. The molecule has 1 saturated heterocycles. The molecule has 1 fully saturated rings. The molecular formula is C27H38BFO2S. The molecule has 1 heterocycles. The normalized spacial score (nSPS) is 18.5. The molecule has 0 atom stereocenters. The third-order valence-electron chi connectivity index (χ3n) is 7.23. The molecule has 2 nitrogen and oxygen atoms in total. The van der Waals surface area contributed by atoms with Gasteiger partial charge in [0.25, 0.3) is 0 Å². The van der Waals surface area contributed by atoms with E-state index in [0.29, 0.717) is 21.3 Å². The zero-order valence-electron chi connectivity index (χ0n) is 21.3. The monoisotopic (exact) mass is 456 g/mol. The highest BCUT2D eigenvalue weighted by Gasteiger charge is 2.52. The van der Waals surface area contributed by atoms with Crippen molar-refractivity contribution >= 4 is 33.4 Å². The molecule has 0 aromatic heterocycles. The van der Waals surface area contributed by atoms with E-state index in [0.717, 1.165) is 16.2 Å². The molecule has 2 aromatic rings. The summed E-state index contributed by atoms with van der Waals surface area (Å²) in [5.41, 5.74) is 0.354. The van der Waals surface area contributed by atoms with Crippen molar-refractivity contribution in [3.8, 4) is 11.2 Å². The summed E-state index contributed by atoms with van der Waals surface area (Å²) >= 11 is 0. The van der Waals surface area contributed by atoms with Crippen molar-refractivity contribution in [2.75, 3.05) is 0 Å². The van der Waals surface area contributed by atoms with Gasteiger partial charge in [-0.2, -0.15) is 10.0 Å². The standard InChI is InChI=1S/C27H38BFO2S/c1-18(2)32(19(3)4,20(5)6)17-16-22-24(29)15-14-21-12-11-13-23(25(21)22)28-30-26(7,8)27(9,10)31-28/h11-15,18-20H,1-10H3. The fourth-order valence-corrected chi connectivity index (χ4v) is 9.05. The van der Waals surface area contributed by atoms with Crippen LogP contribution in [-0.4, -0.2) is 34.1 Å². The molecule has 0 aliphatic carbocycles. The predicted molar refractivity (Wildman–Crippen MR) is 139 cm³/mol. The van der Waals surface area contributed by atoms with E-state index in [-0.39, 0.29) is 5.82 Å². The van der Waals surface area contributed by atoms with Gasteiger partial charge in [-0.05, 0) is 65.6 Å². The van der Waals surface area contributed by atoms with Gasteiger partial charge < -0.3 is 9.31 Å². The quantitative estimate of drug-likeness (QED) is 0.380. The number of benzene rings is 2. The van der Waals surface area contributed by atoms with E-state index in [2.05, 4.69) is 52.7 Å². The Bertz CT molecular complexity index is 1020. The molecule has 1 aliphatic rings. The lowest BCUT2D eigenvalue weighted by Crippen LogP contribution is -2.41. The van der Waals surface area contributed by atoms with Gasteiger partial charge >= 0.3 is 7.12 Å². The Morgan fingerprint density at radius 3 is 1.88 bits per heavy atom. The Morgan fingerprint density at radius 2 is 1.38 bits per heavy atom. The topological polar surface area (TPSA) is 18.5 Å². The smallest absolute Gasteiger partial charge is 0.399 e.